The fraction of sp³-hybridized carbons (Fsp3) is 0.550. The molecule has 2 amide bonds. The van der Waals surface area contributed by atoms with Crippen molar-refractivity contribution in [3.05, 3.63) is 40.3 Å². The number of hydrogen-bond acceptors (Lipinski definition) is 6. The molecule has 1 fully saturated rings. The Morgan fingerprint density at radius 2 is 2.20 bits per heavy atom. The van der Waals surface area contributed by atoms with Crippen LogP contribution >= 0.6 is 27.7 Å². The molecular formula is C20H26BrN5O3S. The predicted molar refractivity (Wildman–Crippen MR) is 118 cm³/mol. The van der Waals surface area contributed by atoms with E-state index in [0.29, 0.717) is 24.2 Å². The first kappa shape index (κ1) is 21.5. The van der Waals surface area contributed by atoms with Crippen molar-refractivity contribution in [1.82, 2.24) is 25.5 Å². The third-order valence-corrected chi connectivity index (χ3v) is 7.02. The number of aromatic amines is 1. The molecule has 0 unspecified atom stereocenters. The normalized spacial score (nSPS) is 18.8. The van der Waals surface area contributed by atoms with E-state index < -0.39 is 6.04 Å². The summed E-state index contributed by atoms with van der Waals surface area (Å²) in [5.74, 6) is 0.577. The van der Waals surface area contributed by atoms with Gasteiger partial charge in [0.25, 0.3) is 5.91 Å². The van der Waals surface area contributed by atoms with Crippen molar-refractivity contribution in [2.24, 2.45) is 0 Å². The molecule has 1 saturated heterocycles. The second-order valence-electron chi connectivity index (χ2n) is 7.73. The molecule has 0 radical (unpaired) electrons. The van der Waals surface area contributed by atoms with Crippen LogP contribution in [0.2, 0.25) is 0 Å². The van der Waals surface area contributed by atoms with Gasteiger partial charge in [0.05, 0.1) is 17.6 Å². The molecule has 3 N–H and O–H groups in total. The van der Waals surface area contributed by atoms with Crippen LogP contribution in [0.25, 0.3) is 0 Å². The Balaban J connectivity index is 1.42. The highest BCUT2D eigenvalue weighted by molar-refractivity contribution is 9.10. The number of rotatable bonds is 6. The zero-order chi connectivity index (χ0) is 21.1. The number of thioether (sulfide) groups is 1. The summed E-state index contributed by atoms with van der Waals surface area (Å²) in [4.78, 5) is 35.5. The number of carbonyl (C=O) groups excluding carboxylic acids is 2. The minimum atomic E-state index is -0.567. The number of amides is 2. The monoisotopic (exact) mass is 495 g/mol. The smallest absolute Gasteiger partial charge is 0.287 e. The number of furan rings is 1. The summed E-state index contributed by atoms with van der Waals surface area (Å²) in [6, 6.07) is 2.69. The second kappa shape index (κ2) is 9.15. The van der Waals surface area contributed by atoms with E-state index in [1.807, 2.05) is 11.2 Å². The number of nitrogens with one attached hydrogen (secondary N) is 3. The second-order valence-corrected chi connectivity index (χ2v) is 9.49. The van der Waals surface area contributed by atoms with Gasteiger partial charge in [-0.1, -0.05) is 0 Å². The molecule has 2 aliphatic rings. The van der Waals surface area contributed by atoms with Gasteiger partial charge in [-0.05, 0) is 59.3 Å². The highest BCUT2D eigenvalue weighted by Crippen LogP contribution is 2.36. The van der Waals surface area contributed by atoms with Gasteiger partial charge in [0.2, 0.25) is 5.91 Å². The fourth-order valence-electron chi connectivity index (χ4n) is 4.34. The maximum atomic E-state index is 13.3. The third-order valence-electron chi connectivity index (χ3n) is 5.95. The summed E-state index contributed by atoms with van der Waals surface area (Å²) >= 11 is 4.86. The number of H-pyrrole nitrogens is 1. The molecule has 0 aliphatic carbocycles. The molecule has 30 heavy (non-hydrogen) atoms. The van der Waals surface area contributed by atoms with E-state index in [0.717, 1.165) is 37.3 Å². The topological polar surface area (TPSA) is 103 Å². The van der Waals surface area contributed by atoms with Crippen molar-refractivity contribution in [3.63, 3.8) is 0 Å². The Hall–Kier alpha value is -1.78. The number of aromatic nitrogens is 2. The number of likely N-dealkylation sites (tertiary alicyclic amines) is 1. The Bertz CT molecular complexity index is 906. The maximum Gasteiger partial charge on any atom is 0.287 e. The van der Waals surface area contributed by atoms with Crippen molar-refractivity contribution >= 4 is 39.5 Å². The number of fused-ring (bicyclic) bond motifs is 2. The molecule has 162 valence electrons. The Morgan fingerprint density at radius 3 is 2.90 bits per heavy atom. The first-order chi connectivity index (χ1) is 14.5. The van der Waals surface area contributed by atoms with E-state index in [9.17, 15) is 9.59 Å². The van der Waals surface area contributed by atoms with Crippen LogP contribution < -0.4 is 10.6 Å². The molecule has 4 heterocycles. The summed E-state index contributed by atoms with van der Waals surface area (Å²) in [6.07, 6.45) is 6.91. The molecule has 2 aliphatic heterocycles. The van der Waals surface area contributed by atoms with Gasteiger partial charge in [-0.3, -0.25) is 9.59 Å². The van der Waals surface area contributed by atoms with Crippen LogP contribution in [0.4, 0.5) is 0 Å². The lowest BCUT2D eigenvalue weighted by Crippen LogP contribution is -2.57. The molecule has 1 atom stereocenters. The standard InChI is InChI=1S/C20H26BrN5O3S/c1-30-11-5-14(25-18(27)15-2-3-16(21)29-15)19(28)26-9-6-20(7-10-26)17-13(4-8-24-20)22-12-23-17/h2-3,12,14,24H,4-11H2,1H3,(H,22,23)(H,25,27)/t14-/m0/s1. The van der Waals surface area contributed by atoms with Crippen molar-refractivity contribution < 1.29 is 14.0 Å². The summed E-state index contributed by atoms with van der Waals surface area (Å²) in [7, 11) is 0. The molecule has 2 aromatic rings. The Labute approximate surface area is 188 Å². The minimum absolute atomic E-state index is 0.0315. The number of hydrogen-bond donors (Lipinski definition) is 3. The van der Waals surface area contributed by atoms with Gasteiger partial charge in [-0.25, -0.2) is 4.98 Å². The number of carbonyl (C=O) groups is 2. The van der Waals surface area contributed by atoms with Crippen LogP contribution in [0, 0.1) is 0 Å². The zero-order valence-electron chi connectivity index (χ0n) is 16.9. The van der Waals surface area contributed by atoms with Crippen molar-refractivity contribution in [2.75, 3.05) is 31.6 Å². The molecule has 0 bridgehead atoms. The van der Waals surface area contributed by atoms with Crippen molar-refractivity contribution in [1.29, 1.82) is 0 Å². The van der Waals surface area contributed by atoms with Crippen LogP contribution in [-0.2, 0) is 16.8 Å². The zero-order valence-corrected chi connectivity index (χ0v) is 19.3. The van der Waals surface area contributed by atoms with E-state index in [4.69, 9.17) is 4.42 Å². The summed E-state index contributed by atoms with van der Waals surface area (Å²) in [5, 5.41) is 6.52. The van der Waals surface area contributed by atoms with Crippen LogP contribution in [0.1, 0.15) is 41.2 Å². The van der Waals surface area contributed by atoms with Gasteiger partial charge in [0.1, 0.15) is 6.04 Å². The quantitative estimate of drug-likeness (QED) is 0.567. The van der Waals surface area contributed by atoms with Gasteiger partial charge in [-0.15, -0.1) is 0 Å². The number of piperidine rings is 1. The molecule has 0 aromatic carbocycles. The van der Waals surface area contributed by atoms with E-state index >= 15 is 0 Å². The summed E-state index contributed by atoms with van der Waals surface area (Å²) < 4.78 is 5.82. The van der Waals surface area contributed by atoms with Crippen LogP contribution in [0.3, 0.4) is 0 Å². The first-order valence-electron chi connectivity index (χ1n) is 10.1. The van der Waals surface area contributed by atoms with Gasteiger partial charge in [-0.2, -0.15) is 11.8 Å². The minimum Gasteiger partial charge on any atom is -0.444 e. The highest BCUT2D eigenvalue weighted by Gasteiger charge is 2.42. The van der Waals surface area contributed by atoms with Crippen LogP contribution in [0.15, 0.2) is 27.5 Å². The number of imidazole rings is 1. The van der Waals surface area contributed by atoms with Gasteiger partial charge in [0.15, 0.2) is 10.4 Å². The Kier molecular flexibility index (Phi) is 6.54. The molecule has 2 aromatic heterocycles. The molecule has 4 rings (SSSR count). The van der Waals surface area contributed by atoms with Gasteiger partial charge >= 0.3 is 0 Å². The maximum absolute atomic E-state index is 13.3. The van der Waals surface area contributed by atoms with Gasteiger partial charge in [0, 0.05) is 31.7 Å². The lowest BCUT2D eigenvalue weighted by atomic mass is 9.80. The number of nitrogens with zero attached hydrogens (tertiary/aromatic N) is 2. The van der Waals surface area contributed by atoms with Gasteiger partial charge < -0.3 is 24.9 Å². The summed E-state index contributed by atoms with van der Waals surface area (Å²) in [5.41, 5.74) is 2.13. The van der Waals surface area contributed by atoms with E-state index in [-0.39, 0.29) is 23.1 Å². The lowest BCUT2D eigenvalue weighted by molar-refractivity contribution is -0.135. The average molecular weight is 496 g/mol. The van der Waals surface area contributed by atoms with E-state index in [1.165, 1.54) is 5.69 Å². The highest BCUT2D eigenvalue weighted by atomic mass is 79.9. The Morgan fingerprint density at radius 1 is 1.40 bits per heavy atom. The lowest BCUT2D eigenvalue weighted by Gasteiger charge is -2.44. The van der Waals surface area contributed by atoms with Crippen molar-refractivity contribution in [2.45, 2.75) is 37.3 Å². The first-order valence-corrected chi connectivity index (χ1v) is 12.3. The SMILES string of the molecule is CSCC[C@H](NC(=O)c1ccc(Br)o1)C(=O)N1CCC2(CC1)NCCc1[nH]cnc12. The van der Waals surface area contributed by atoms with Crippen LogP contribution in [-0.4, -0.2) is 64.4 Å². The van der Waals surface area contributed by atoms with Crippen LogP contribution in [0.5, 0.6) is 0 Å². The molecular weight excluding hydrogens is 470 g/mol. The average Bonchev–Trinajstić information content (AvgIpc) is 3.41. The third kappa shape index (κ3) is 4.31. The molecule has 0 saturated carbocycles. The molecule has 1 spiro atoms. The van der Waals surface area contributed by atoms with E-state index in [1.54, 1.807) is 30.2 Å². The fourth-order valence-corrected chi connectivity index (χ4v) is 5.11. The molecule has 8 nitrogen and oxygen atoms in total. The summed E-state index contributed by atoms with van der Waals surface area (Å²) in [6.45, 7) is 2.18. The number of halogens is 1. The predicted octanol–water partition coefficient (Wildman–Crippen LogP) is 2.28. The largest absolute Gasteiger partial charge is 0.444 e. The van der Waals surface area contributed by atoms with Crippen molar-refractivity contribution in [3.8, 4) is 0 Å². The molecule has 10 heteroatoms. The van der Waals surface area contributed by atoms with E-state index in [2.05, 4.69) is 36.5 Å².